The molecule has 6 heteroatoms. The lowest BCUT2D eigenvalue weighted by atomic mass is 10.1. The predicted molar refractivity (Wildman–Crippen MR) is 97.4 cm³/mol. The summed E-state index contributed by atoms with van der Waals surface area (Å²) in [7, 11) is 3.21. The molecule has 2 aromatic rings. The molecule has 26 heavy (non-hydrogen) atoms. The summed E-state index contributed by atoms with van der Waals surface area (Å²) < 4.78 is 5.37. The third-order valence-electron chi connectivity index (χ3n) is 3.67. The second kappa shape index (κ2) is 9.36. The fourth-order valence-corrected chi connectivity index (χ4v) is 2.28. The van der Waals surface area contributed by atoms with E-state index in [4.69, 9.17) is 4.74 Å². The van der Waals surface area contributed by atoms with E-state index in [1.54, 1.807) is 62.6 Å². The number of likely N-dealkylation sites (N-methyl/N-ethyl adjacent to an activating group) is 1. The average Bonchev–Trinajstić information content (AvgIpc) is 2.66. The summed E-state index contributed by atoms with van der Waals surface area (Å²) in [5.41, 5.74) is 1.12. The van der Waals surface area contributed by atoms with Crippen LogP contribution in [-0.4, -0.2) is 43.3 Å². The predicted octanol–water partition coefficient (Wildman–Crippen LogP) is 2.18. The maximum absolute atomic E-state index is 12.3. The number of nitrogens with zero attached hydrogens (tertiary/aromatic N) is 1. The Kier molecular flexibility index (Phi) is 6.91. The van der Waals surface area contributed by atoms with Crippen LogP contribution in [0.25, 0.3) is 0 Å². The third kappa shape index (κ3) is 5.44. The number of rotatable bonds is 7. The first-order valence-corrected chi connectivity index (χ1v) is 8.28. The molecular formula is C20H22N2O4. The van der Waals surface area contributed by atoms with Gasteiger partial charge in [-0.25, -0.2) is 0 Å². The molecule has 2 aromatic carbocycles. The molecule has 136 valence electrons. The lowest BCUT2D eigenvalue weighted by Crippen LogP contribution is -2.32. The van der Waals surface area contributed by atoms with Gasteiger partial charge in [-0.2, -0.15) is 0 Å². The third-order valence-corrected chi connectivity index (χ3v) is 3.67. The molecule has 1 N–H and O–H groups in total. The highest BCUT2D eigenvalue weighted by atomic mass is 16.5. The number of hydrogen-bond acceptors (Lipinski definition) is 4. The van der Waals surface area contributed by atoms with Gasteiger partial charge in [0.15, 0.2) is 0 Å². The molecule has 0 radical (unpaired) electrons. The monoisotopic (exact) mass is 354 g/mol. The van der Waals surface area contributed by atoms with Gasteiger partial charge in [-0.3, -0.25) is 14.4 Å². The van der Waals surface area contributed by atoms with Crippen molar-refractivity contribution in [3.63, 3.8) is 0 Å². The number of carbonyl (C=O) groups excluding carboxylic acids is 3. The van der Waals surface area contributed by atoms with Crippen LogP contribution in [0.5, 0.6) is 0 Å². The maximum atomic E-state index is 12.3. The molecule has 2 rings (SSSR count). The van der Waals surface area contributed by atoms with Crippen molar-refractivity contribution in [3.8, 4) is 0 Å². The zero-order chi connectivity index (χ0) is 18.9. The van der Waals surface area contributed by atoms with Gasteiger partial charge in [0.1, 0.15) is 0 Å². The zero-order valence-corrected chi connectivity index (χ0v) is 14.8. The molecular weight excluding hydrogens is 332 g/mol. The Morgan fingerprint density at radius 1 is 0.962 bits per heavy atom. The molecule has 0 aliphatic heterocycles. The van der Waals surface area contributed by atoms with Gasteiger partial charge >= 0.3 is 5.97 Å². The molecule has 0 fully saturated rings. The normalized spacial score (nSPS) is 11.3. The Bertz CT molecular complexity index is 745. The lowest BCUT2D eigenvalue weighted by molar-refractivity contribution is -0.159. The van der Waals surface area contributed by atoms with Crippen molar-refractivity contribution < 1.29 is 19.1 Å². The van der Waals surface area contributed by atoms with E-state index in [0.29, 0.717) is 11.1 Å². The van der Waals surface area contributed by atoms with Gasteiger partial charge < -0.3 is 15.0 Å². The summed E-state index contributed by atoms with van der Waals surface area (Å²) in [6.45, 7) is 0.129. The maximum Gasteiger partial charge on any atom is 0.308 e. The van der Waals surface area contributed by atoms with E-state index in [1.807, 2.05) is 12.1 Å². The lowest BCUT2D eigenvalue weighted by Gasteiger charge is -2.21. The summed E-state index contributed by atoms with van der Waals surface area (Å²) in [6.07, 6.45) is -1.02. The topological polar surface area (TPSA) is 75.7 Å². The molecule has 0 aliphatic rings. The highest BCUT2D eigenvalue weighted by Gasteiger charge is 2.26. The van der Waals surface area contributed by atoms with Crippen molar-refractivity contribution in [3.05, 3.63) is 71.8 Å². The smallest absolute Gasteiger partial charge is 0.308 e. The van der Waals surface area contributed by atoms with Crippen LogP contribution in [0, 0.1) is 0 Å². The first kappa shape index (κ1) is 19.2. The van der Waals surface area contributed by atoms with E-state index in [-0.39, 0.29) is 24.8 Å². The van der Waals surface area contributed by atoms with Crippen LogP contribution in [0.3, 0.4) is 0 Å². The average molecular weight is 354 g/mol. The summed E-state index contributed by atoms with van der Waals surface area (Å²) in [6, 6.07) is 17.6. The quantitative estimate of drug-likeness (QED) is 0.773. The van der Waals surface area contributed by atoms with Crippen LogP contribution in [0.4, 0.5) is 0 Å². The highest BCUT2D eigenvalue weighted by Crippen LogP contribution is 2.20. The van der Waals surface area contributed by atoms with Gasteiger partial charge in [0.25, 0.3) is 11.8 Å². The van der Waals surface area contributed by atoms with Crippen LogP contribution in [0.1, 0.15) is 28.4 Å². The molecule has 0 heterocycles. The van der Waals surface area contributed by atoms with E-state index < -0.39 is 12.1 Å². The second-order valence-electron chi connectivity index (χ2n) is 5.89. The standard InChI is InChI=1S/C20H22N2O4/c1-22(2)20(25)18(15-9-5-3-6-10-15)26-17(23)13-14-21-19(24)16-11-7-4-8-12-16/h3-12,18H,13-14H2,1-2H3,(H,21,24)/t18-/m1/s1. The van der Waals surface area contributed by atoms with Gasteiger partial charge in [-0.15, -0.1) is 0 Å². The summed E-state index contributed by atoms with van der Waals surface area (Å²) in [4.78, 5) is 37.8. The highest BCUT2D eigenvalue weighted by molar-refractivity contribution is 5.94. The molecule has 0 unspecified atom stereocenters. The zero-order valence-electron chi connectivity index (χ0n) is 14.8. The molecule has 0 saturated heterocycles. The van der Waals surface area contributed by atoms with Crippen molar-refractivity contribution in [1.29, 1.82) is 0 Å². The molecule has 1 atom stereocenters. The Hall–Kier alpha value is -3.15. The van der Waals surface area contributed by atoms with Crippen LogP contribution >= 0.6 is 0 Å². The molecule has 2 amide bonds. The number of nitrogens with one attached hydrogen (secondary N) is 1. The molecule has 0 saturated carbocycles. The van der Waals surface area contributed by atoms with E-state index in [0.717, 1.165) is 0 Å². The van der Waals surface area contributed by atoms with Crippen molar-refractivity contribution in [2.75, 3.05) is 20.6 Å². The van der Waals surface area contributed by atoms with Crippen LogP contribution < -0.4 is 5.32 Å². The molecule has 6 nitrogen and oxygen atoms in total. The molecule has 0 aromatic heterocycles. The van der Waals surface area contributed by atoms with Crippen LogP contribution in [0.2, 0.25) is 0 Å². The summed E-state index contributed by atoms with van der Waals surface area (Å²) in [5, 5.41) is 2.66. The minimum atomic E-state index is -0.997. The Labute approximate surface area is 152 Å². The van der Waals surface area contributed by atoms with Gasteiger partial charge in [0.05, 0.1) is 6.42 Å². The van der Waals surface area contributed by atoms with Crippen molar-refractivity contribution in [1.82, 2.24) is 10.2 Å². The molecule has 0 aliphatic carbocycles. The fourth-order valence-electron chi connectivity index (χ4n) is 2.28. The number of carbonyl (C=O) groups is 3. The minimum absolute atomic E-state index is 0.0252. The van der Waals surface area contributed by atoms with E-state index >= 15 is 0 Å². The Morgan fingerprint density at radius 3 is 2.12 bits per heavy atom. The van der Waals surface area contributed by atoms with Crippen LogP contribution in [-0.2, 0) is 14.3 Å². The number of ether oxygens (including phenoxy) is 1. The van der Waals surface area contributed by atoms with E-state index in [1.165, 1.54) is 4.90 Å². The number of benzene rings is 2. The summed E-state index contributed by atoms with van der Waals surface area (Å²) >= 11 is 0. The fraction of sp³-hybridized carbons (Fsp3) is 0.250. The first-order valence-electron chi connectivity index (χ1n) is 8.28. The van der Waals surface area contributed by atoms with Gasteiger partial charge in [0.2, 0.25) is 6.10 Å². The number of esters is 1. The van der Waals surface area contributed by atoms with Gasteiger partial charge in [-0.1, -0.05) is 48.5 Å². The number of amides is 2. The van der Waals surface area contributed by atoms with Crippen molar-refractivity contribution in [2.45, 2.75) is 12.5 Å². The van der Waals surface area contributed by atoms with Gasteiger partial charge in [-0.05, 0) is 12.1 Å². The largest absolute Gasteiger partial charge is 0.447 e. The van der Waals surface area contributed by atoms with E-state index in [2.05, 4.69) is 5.32 Å². The van der Waals surface area contributed by atoms with Crippen molar-refractivity contribution >= 4 is 17.8 Å². The second-order valence-corrected chi connectivity index (χ2v) is 5.89. The minimum Gasteiger partial charge on any atom is -0.447 e. The molecule has 0 spiro atoms. The SMILES string of the molecule is CN(C)C(=O)[C@H](OC(=O)CCNC(=O)c1ccccc1)c1ccccc1. The molecule has 0 bridgehead atoms. The Balaban J connectivity index is 1.91. The van der Waals surface area contributed by atoms with Gasteiger partial charge in [0, 0.05) is 31.8 Å². The Morgan fingerprint density at radius 2 is 1.54 bits per heavy atom. The van der Waals surface area contributed by atoms with E-state index in [9.17, 15) is 14.4 Å². The number of hydrogen-bond donors (Lipinski definition) is 1. The summed E-state index contributed by atoms with van der Waals surface area (Å²) in [5.74, 6) is -1.14. The van der Waals surface area contributed by atoms with Crippen molar-refractivity contribution in [2.24, 2.45) is 0 Å². The van der Waals surface area contributed by atoms with Crippen LogP contribution in [0.15, 0.2) is 60.7 Å². The first-order chi connectivity index (χ1) is 12.5.